The zero-order chi connectivity index (χ0) is 12.9. The molecular formula is C12H25N3O2. The molecule has 100 valence electrons. The van der Waals surface area contributed by atoms with E-state index in [1.54, 1.807) is 4.90 Å². The molecule has 5 nitrogen and oxygen atoms in total. The maximum Gasteiger partial charge on any atom is 0.317 e. The molecule has 3 N–H and O–H groups in total. The van der Waals surface area contributed by atoms with Crippen LogP contribution < -0.4 is 10.6 Å². The lowest BCUT2D eigenvalue weighted by Crippen LogP contribution is -2.42. The van der Waals surface area contributed by atoms with Crippen molar-refractivity contribution in [3.05, 3.63) is 0 Å². The van der Waals surface area contributed by atoms with Gasteiger partial charge in [0.25, 0.3) is 0 Å². The first-order valence-corrected chi connectivity index (χ1v) is 6.36. The Labute approximate surface area is 104 Å². The SMILES string of the molecule is CC(C)CC(C)(O)CNCCN1CCNC1=O. The average Bonchev–Trinajstić information content (AvgIpc) is 2.57. The molecule has 2 amide bonds. The van der Waals surface area contributed by atoms with E-state index >= 15 is 0 Å². The van der Waals surface area contributed by atoms with Gasteiger partial charge in [0.05, 0.1) is 5.60 Å². The number of carbonyl (C=O) groups is 1. The van der Waals surface area contributed by atoms with Crippen molar-refractivity contribution >= 4 is 6.03 Å². The third-order valence-corrected chi connectivity index (χ3v) is 2.86. The highest BCUT2D eigenvalue weighted by Crippen LogP contribution is 2.14. The molecule has 0 aromatic rings. The van der Waals surface area contributed by atoms with Crippen LogP contribution in [0.1, 0.15) is 27.2 Å². The van der Waals surface area contributed by atoms with Gasteiger partial charge in [-0.2, -0.15) is 0 Å². The van der Waals surface area contributed by atoms with Gasteiger partial charge in [0.1, 0.15) is 0 Å². The van der Waals surface area contributed by atoms with Crippen LogP contribution in [0.4, 0.5) is 4.79 Å². The zero-order valence-corrected chi connectivity index (χ0v) is 11.1. The number of nitrogens with one attached hydrogen (secondary N) is 2. The Morgan fingerprint density at radius 3 is 2.82 bits per heavy atom. The molecule has 0 saturated carbocycles. The molecule has 1 saturated heterocycles. The van der Waals surface area contributed by atoms with Crippen molar-refractivity contribution < 1.29 is 9.90 Å². The number of hydrogen-bond donors (Lipinski definition) is 3. The fourth-order valence-electron chi connectivity index (χ4n) is 2.25. The molecule has 1 aliphatic heterocycles. The second-order valence-corrected chi connectivity index (χ2v) is 5.49. The molecule has 0 bridgehead atoms. The lowest BCUT2D eigenvalue weighted by Gasteiger charge is -2.26. The first kappa shape index (κ1) is 14.3. The van der Waals surface area contributed by atoms with Crippen molar-refractivity contribution in [2.45, 2.75) is 32.8 Å². The molecule has 0 aromatic heterocycles. The summed E-state index contributed by atoms with van der Waals surface area (Å²) >= 11 is 0. The van der Waals surface area contributed by atoms with Crippen LogP contribution in [0.5, 0.6) is 0 Å². The van der Waals surface area contributed by atoms with Gasteiger partial charge in [-0.1, -0.05) is 13.8 Å². The Morgan fingerprint density at radius 1 is 1.59 bits per heavy atom. The fourth-order valence-corrected chi connectivity index (χ4v) is 2.25. The summed E-state index contributed by atoms with van der Waals surface area (Å²) in [6.07, 6.45) is 0.782. The van der Waals surface area contributed by atoms with Crippen LogP contribution in [0.25, 0.3) is 0 Å². The van der Waals surface area contributed by atoms with Gasteiger partial charge in [-0.05, 0) is 19.3 Å². The summed E-state index contributed by atoms with van der Waals surface area (Å²) in [6.45, 7) is 9.56. The van der Waals surface area contributed by atoms with Crippen molar-refractivity contribution in [2.24, 2.45) is 5.92 Å². The topological polar surface area (TPSA) is 64.6 Å². The molecule has 1 aliphatic rings. The number of urea groups is 1. The highest BCUT2D eigenvalue weighted by Gasteiger charge is 2.22. The van der Waals surface area contributed by atoms with Crippen molar-refractivity contribution in [3.63, 3.8) is 0 Å². The number of amides is 2. The van der Waals surface area contributed by atoms with Crippen LogP contribution in [0, 0.1) is 5.92 Å². The minimum atomic E-state index is -0.665. The summed E-state index contributed by atoms with van der Waals surface area (Å²) in [5.74, 6) is 0.483. The monoisotopic (exact) mass is 243 g/mol. The normalized spacial score (nSPS) is 19.6. The summed E-state index contributed by atoms with van der Waals surface area (Å²) in [4.78, 5) is 13.0. The second-order valence-electron chi connectivity index (χ2n) is 5.49. The van der Waals surface area contributed by atoms with Gasteiger partial charge in [-0.25, -0.2) is 4.79 Å². The largest absolute Gasteiger partial charge is 0.389 e. The number of carbonyl (C=O) groups excluding carboxylic acids is 1. The van der Waals surface area contributed by atoms with Gasteiger partial charge in [0, 0.05) is 32.7 Å². The van der Waals surface area contributed by atoms with E-state index in [0.717, 1.165) is 26.1 Å². The Balaban J connectivity index is 2.13. The van der Waals surface area contributed by atoms with Gasteiger partial charge >= 0.3 is 6.03 Å². The molecule has 17 heavy (non-hydrogen) atoms. The number of nitrogens with zero attached hydrogens (tertiary/aromatic N) is 1. The molecule has 1 fully saturated rings. The van der Waals surface area contributed by atoms with Crippen LogP contribution in [0.15, 0.2) is 0 Å². The maximum absolute atomic E-state index is 11.2. The number of aliphatic hydroxyl groups is 1. The molecule has 5 heteroatoms. The predicted octanol–water partition coefficient (Wildman–Crippen LogP) is 0.398. The van der Waals surface area contributed by atoms with Crippen molar-refractivity contribution in [2.75, 3.05) is 32.7 Å². The smallest absolute Gasteiger partial charge is 0.317 e. The summed E-state index contributed by atoms with van der Waals surface area (Å²) < 4.78 is 0. The highest BCUT2D eigenvalue weighted by molar-refractivity contribution is 5.76. The van der Waals surface area contributed by atoms with Gasteiger partial charge in [-0.3, -0.25) is 0 Å². The Hall–Kier alpha value is -0.810. The molecular weight excluding hydrogens is 218 g/mol. The molecule has 1 rings (SSSR count). The third kappa shape index (κ3) is 5.37. The fraction of sp³-hybridized carbons (Fsp3) is 0.917. The Bertz CT molecular complexity index is 254. The van der Waals surface area contributed by atoms with Crippen molar-refractivity contribution in [1.82, 2.24) is 15.5 Å². The van der Waals surface area contributed by atoms with E-state index in [2.05, 4.69) is 24.5 Å². The first-order chi connectivity index (χ1) is 7.91. The van der Waals surface area contributed by atoms with E-state index in [1.165, 1.54) is 0 Å². The first-order valence-electron chi connectivity index (χ1n) is 6.36. The molecule has 1 heterocycles. The van der Waals surface area contributed by atoms with E-state index in [4.69, 9.17) is 0 Å². The van der Waals surface area contributed by atoms with Gasteiger partial charge < -0.3 is 20.6 Å². The minimum Gasteiger partial charge on any atom is -0.389 e. The average molecular weight is 243 g/mol. The standard InChI is InChI=1S/C12H25N3O2/c1-10(2)8-12(3,17)9-13-4-6-15-7-5-14-11(15)16/h10,13,17H,4-9H2,1-3H3,(H,14,16). The number of rotatable bonds is 7. The molecule has 0 aliphatic carbocycles. The van der Waals surface area contributed by atoms with Crippen LogP contribution in [-0.2, 0) is 0 Å². The number of hydrogen-bond acceptors (Lipinski definition) is 3. The van der Waals surface area contributed by atoms with Crippen LogP contribution in [0.2, 0.25) is 0 Å². The Kier molecular flexibility index (Phi) is 5.21. The van der Waals surface area contributed by atoms with Gasteiger partial charge in [-0.15, -0.1) is 0 Å². The molecule has 0 aromatic carbocycles. The van der Waals surface area contributed by atoms with E-state index in [9.17, 15) is 9.90 Å². The quantitative estimate of drug-likeness (QED) is 0.567. The maximum atomic E-state index is 11.2. The molecule has 1 unspecified atom stereocenters. The summed E-state index contributed by atoms with van der Waals surface area (Å²) in [5.41, 5.74) is -0.665. The van der Waals surface area contributed by atoms with E-state index in [1.807, 2.05) is 6.92 Å². The summed E-state index contributed by atoms with van der Waals surface area (Å²) in [5, 5.41) is 16.0. The second kappa shape index (κ2) is 6.21. The van der Waals surface area contributed by atoms with Crippen molar-refractivity contribution in [3.8, 4) is 0 Å². The highest BCUT2D eigenvalue weighted by atomic mass is 16.3. The lowest BCUT2D eigenvalue weighted by atomic mass is 9.94. The lowest BCUT2D eigenvalue weighted by molar-refractivity contribution is 0.0385. The molecule has 1 atom stereocenters. The van der Waals surface area contributed by atoms with Crippen LogP contribution in [0.3, 0.4) is 0 Å². The summed E-state index contributed by atoms with van der Waals surface area (Å²) in [7, 11) is 0. The van der Waals surface area contributed by atoms with E-state index < -0.39 is 5.60 Å². The Morgan fingerprint density at radius 2 is 2.29 bits per heavy atom. The van der Waals surface area contributed by atoms with Crippen LogP contribution in [-0.4, -0.2) is 54.4 Å². The van der Waals surface area contributed by atoms with Gasteiger partial charge in [0.2, 0.25) is 0 Å². The zero-order valence-electron chi connectivity index (χ0n) is 11.1. The predicted molar refractivity (Wildman–Crippen MR) is 67.9 cm³/mol. The van der Waals surface area contributed by atoms with Gasteiger partial charge in [0.15, 0.2) is 0 Å². The third-order valence-electron chi connectivity index (χ3n) is 2.86. The molecule has 0 spiro atoms. The van der Waals surface area contributed by atoms with E-state index in [-0.39, 0.29) is 6.03 Å². The van der Waals surface area contributed by atoms with Crippen LogP contribution >= 0.6 is 0 Å². The van der Waals surface area contributed by atoms with Crippen molar-refractivity contribution in [1.29, 1.82) is 0 Å². The molecule has 0 radical (unpaired) electrons. The van der Waals surface area contributed by atoms with E-state index in [0.29, 0.717) is 19.0 Å². The summed E-state index contributed by atoms with van der Waals surface area (Å²) in [6, 6.07) is 0.0146. The minimum absolute atomic E-state index is 0.0146.